The van der Waals surface area contributed by atoms with Gasteiger partial charge >= 0.3 is 5.97 Å². The molecule has 0 aliphatic carbocycles. The Morgan fingerprint density at radius 2 is 2.00 bits per heavy atom. The van der Waals surface area contributed by atoms with Gasteiger partial charge in [-0.15, -0.1) is 0 Å². The fourth-order valence-corrected chi connectivity index (χ4v) is 4.30. The van der Waals surface area contributed by atoms with E-state index in [1.807, 2.05) is 18.3 Å². The molecule has 1 aromatic carbocycles. The third-order valence-corrected chi connectivity index (χ3v) is 5.85. The Hall–Kier alpha value is -1.88. The minimum Gasteiger partial charge on any atom is -0.478 e. The monoisotopic (exact) mass is 373 g/mol. The number of oxime groups is 1. The molecule has 148 valence electrons. The molecule has 0 unspecified atom stereocenters. The van der Waals surface area contributed by atoms with Crippen molar-refractivity contribution >= 4 is 12.2 Å². The van der Waals surface area contributed by atoms with Crippen molar-refractivity contribution in [2.75, 3.05) is 6.61 Å². The molecule has 0 amide bonds. The number of hydrogen-bond acceptors (Lipinski definition) is 4. The van der Waals surface area contributed by atoms with Crippen LogP contribution in [0.3, 0.4) is 0 Å². The Morgan fingerprint density at radius 1 is 1.22 bits per heavy atom. The van der Waals surface area contributed by atoms with Gasteiger partial charge in [-0.1, -0.05) is 37.1 Å². The molecule has 0 aromatic heterocycles. The van der Waals surface area contributed by atoms with Gasteiger partial charge < -0.3 is 14.7 Å². The van der Waals surface area contributed by atoms with E-state index in [9.17, 15) is 4.79 Å². The molecule has 2 fully saturated rings. The summed E-state index contributed by atoms with van der Waals surface area (Å²) in [4.78, 5) is 16.4. The van der Waals surface area contributed by atoms with Crippen LogP contribution in [0.15, 0.2) is 29.4 Å². The third-order valence-electron chi connectivity index (χ3n) is 5.85. The van der Waals surface area contributed by atoms with Crippen LogP contribution >= 0.6 is 0 Å². The van der Waals surface area contributed by atoms with Gasteiger partial charge in [0.2, 0.25) is 0 Å². The first-order chi connectivity index (χ1) is 13.2. The standard InChI is InChI=1S/C22H31NO4/c1-2-3-4-5-14-26-23-15-19-18(20-12-13-21(19)27-20)11-8-16-6-9-17(10-7-16)22(24)25/h6-7,9-10,15,18-21H,2-5,8,11-14H2,1H3,(H,24,25)/t18-,19+,20-,21+/m0/s1. The Balaban J connectivity index is 1.48. The van der Waals surface area contributed by atoms with Gasteiger partial charge in [-0.05, 0) is 62.1 Å². The highest BCUT2D eigenvalue weighted by Crippen LogP contribution is 2.44. The zero-order valence-corrected chi connectivity index (χ0v) is 16.2. The number of rotatable bonds is 11. The van der Waals surface area contributed by atoms with E-state index in [1.54, 1.807) is 12.1 Å². The molecule has 5 nitrogen and oxygen atoms in total. The van der Waals surface area contributed by atoms with Crippen LogP contribution in [0.4, 0.5) is 0 Å². The van der Waals surface area contributed by atoms with E-state index in [0.717, 1.165) is 32.1 Å². The van der Waals surface area contributed by atoms with Crippen LogP contribution in [0.1, 0.15) is 67.8 Å². The van der Waals surface area contributed by atoms with E-state index < -0.39 is 5.97 Å². The minimum atomic E-state index is -0.881. The fraction of sp³-hybridized carbons (Fsp3) is 0.636. The van der Waals surface area contributed by atoms with E-state index in [4.69, 9.17) is 14.7 Å². The second-order valence-corrected chi connectivity index (χ2v) is 7.72. The lowest BCUT2D eigenvalue weighted by Gasteiger charge is -2.24. The first-order valence-corrected chi connectivity index (χ1v) is 10.3. The molecule has 2 aliphatic heterocycles. The van der Waals surface area contributed by atoms with Crippen molar-refractivity contribution in [1.82, 2.24) is 0 Å². The summed E-state index contributed by atoms with van der Waals surface area (Å²) in [5.74, 6) is -0.0814. The number of carboxylic acids is 1. The largest absolute Gasteiger partial charge is 0.478 e. The van der Waals surface area contributed by atoms with Crippen LogP contribution in [0.25, 0.3) is 0 Å². The van der Waals surface area contributed by atoms with Crippen molar-refractivity contribution in [3.63, 3.8) is 0 Å². The van der Waals surface area contributed by atoms with Gasteiger partial charge in [0.15, 0.2) is 0 Å². The Bertz CT molecular complexity index is 628. The molecule has 2 aliphatic rings. The maximum Gasteiger partial charge on any atom is 0.335 e. The SMILES string of the molecule is CCCCCCON=C[C@@H]1[C@H](CCc2ccc(C(=O)O)cc2)[C@@H]2CC[C@H]1O2. The number of carbonyl (C=O) groups is 1. The maximum atomic E-state index is 11.0. The van der Waals surface area contributed by atoms with E-state index in [0.29, 0.717) is 30.1 Å². The molecule has 2 heterocycles. The second kappa shape index (κ2) is 9.88. The van der Waals surface area contributed by atoms with Crippen LogP contribution in [-0.2, 0) is 16.0 Å². The summed E-state index contributed by atoms with van der Waals surface area (Å²) in [6, 6.07) is 7.20. The number of hydrogen-bond donors (Lipinski definition) is 1. The third kappa shape index (κ3) is 5.32. The van der Waals surface area contributed by atoms with Gasteiger partial charge in [-0.2, -0.15) is 0 Å². The predicted octanol–water partition coefficient (Wildman–Crippen LogP) is 4.69. The molecular weight excluding hydrogens is 342 g/mol. The van der Waals surface area contributed by atoms with Gasteiger partial charge in [0.05, 0.1) is 17.8 Å². The van der Waals surface area contributed by atoms with Crippen molar-refractivity contribution in [3.8, 4) is 0 Å². The van der Waals surface area contributed by atoms with E-state index >= 15 is 0 Å². The first kappa shape index (κ1) is 19.9. The number of nitrogens with zero attached hydrogens (tertiary/aromatic N) is 1. The van der Waals surface area contributed by atoms with Gasteiger partial charge in [0, 0.05) is 12.1 Å². The smallest absolute Gasteiger partial charge is 0.335 e. The van der Waals surface area contributed by atoms with Crippen LogP contribution in [-0.4, -0.2) is 36.1 Å². The highest BCUT2D eigenvalue weighted by atomic mass is 16.6. The number of aryl methyl sites for hydroxylation is 1. The minimum absolute atomic E-state index is 0.279. The molecule has 1 N–H and O–H groups in total. The molecule has 1 aromatic rings. The molecule has 0 spiro atoms. The van der Waals surface area contributed by atoms with Crippen LogP contribution in [0, 0.1) is 11.8 Å². The number of fused-ring (bicyclic) bond motifs is 2. The summed E-state index contributed by atoms with van der Waals surface area (Å²) in [5, 5.41) is 13.2. The van der Waals surface area contributed by atoms with E-state index in [-0.39, 0.29) is 6.10 Å². The Morgan fingerprint density at radius 3 is 2.74 bits per heavy atom. The molecule has 0 radical (unpaired) electrons. The number of benzene rings is 1. The fourth-order valence-electron chi connectivity index (χ4n) is 4.30. The molecule has 5 heteroatoms. The van der Waals surface area contributed by atoms with Crippen molar-refractivity contribution in [2.45, 2.75) is 70.5 Å². The summed E-state index contributed by atoms with van der Waals surface area (Å²) in [6.07, 6.45) is 11.5. The number of carboxylic acid groups (broad SMARTS) is 1. The zero-order valence-electron chi connectivity index (χ0n) is 16.2. The normalized spacial score (nSPS) is 26.7. The summed E-state index contributed by atoms with van der Waals surface area (Å²) in [5.41, 5.74) is 1.51. The zero-order chi connectivity index (χ0) is 19.1. The number of aromatic carboxylic acids is 1. The molecule has 4 atom stereocenters. The average molecular weight is 373 g/mol. The lowest BCUT2D eigenvalue weighted by Crippen LogP contribution is -2.28. The van der Waals surface area contributed by atoms with Crippen molar-refractivity contribution in [1.29, 1.82) is 0 Å². The second-order valence-electron chi connectivity index (χ2n) is 7.72. The molecule has 2 bridgehead atoms. The molecule has 2 saturated heterocycles. The summed E-state index contributed by atoms with van der Waals surface area (Å²) >= 11 is 0. The van der Waals surface area contributed by atoms with Gasteiger partial charge in [0.25, 0.3) is 0 Å². The van der Waals surface area contributed by atoms with Crippen LogP contribution < -0.4 is 0 Å². The molecule has 3 rings (SSSR count). The number of unbranched alkanes of at least 4 members (excludes halogenated alkanes) is 3. The summed E-state index contributed by atoms with van der Waals surface area (Å²) in [7, 11) is 0. The van der Waals surface area contributed by atoms with Gasteiger partial charge in [-0.25, -0.2) is 4.79 Å². The predicted molar refractivity (Wildman–Crippen MR) is 105 cm³/mol. The Labute approximate surface area is 161 Å². The van der Waals surface area contributed by atoms with Crippen molar-refractivity contribution < 1.29 is 19.5 Å². The lowest BCUT2D eigenvalue weighted by atomic mass is 9.77. The highest BCUT2D eigenvalue weighted by Gasteiger charge is 2.47. The molecular formula is C22H31NO4. The van der Waals surface area contributed by atoms with Gasteiger partial charge in [0.1, 0.15) is 6.61 Å². The van der Waals surface area contributed by atoms with Gasteiger partial charge in [-0.3, -0.25) is 0 Å². The highest BCUT2D eigenvalue weighted by molar-refractivity contribution is 5.87. The molecule has 27 heavy (non-hydrogen) atoms. The van der Waals surface area contributed by atoms with E-state index in [2.05, 4.69) is 12.1 Å². The number of ether oxygens (including phenoxy) is 1. The van der Waals surface area contributed by atoms with Crippen molar-refractivity contribution in [2.24, 2.45) is 17.0 Å². The van der Waals surface area contributed by atoms with Crippen molar-refractivity contribution in [3.05, 3.63) is 35.4 Å². The Kier molecular flexibility index (Phi) is 7.27. The lowest BCUT2D eigenvalue weighted by molar-refractivity contribution is 0.0697. The van der Waals surface area contributed by atoms with Crippen LogP contribution in [0.5, 0.6) is 0 Å². The maximum absolute atomic E-state index is 11.0. The average Bonchev–Trinajstić information content (AvgIpc) is 3.28. The van der Waals surface area contributed by atoms with E-state index in [1.165, 1.54) is 24.8 Å². The summed E-state index contributed by atoms with van der Waals surface area (Å²) in [6.45, 7) is 2.90. The summed E-state index contributed by atoms with van der Waals surface area (Å²) < 4.78 is 6.12. The molecule has 0 saturated carbocycles. The first-order valence-electron chi connectivity index (χ1n) is 10.3. The topological polar surface area (TPSA) is 68.1 Å². The quantitative estimate of drug-likeness (QED) is 0.347. The van der Waals surface area contributed by atoms with Crippen LogP contribution in [0.2, 0.25) is 0 Å².